The van der Waals surface area contributed by atoms with Gasteiger partial charge in [0.1, 0.15) is 0 Å². The largest absolute Gasteiger partial charge is 0.310 e. The number of hydrogen-bond donors (Lipinski definition) is 0. The van der Waals surface area contributed by atoms with Gasteiger partial charge in [0, 0.05) is 22.5 Å². The first-order chi connectivity index (χ1) is 33.7. The highest BCUT2D eigenvalue weighted by Gasteiger charge is 2.47. The lowest BCUT2D eigenvalue weighted by Gasteiger charge is -2.36. The summed E-state index contributed by atoms with van der Waals surface area (Å²) in [6.07, 6.45) is 6.30. The highest BCUT2D eigenvalue weighted by molar-refractivity contribution is 6.25. The van der Waals surface area contributed by atoms with Crippen LogP contribution in [0.1, 0.15) is 65.5 Å². The molecule has 1 fully saturated rings. The monoisotopic (exact) mass is 867 g/mol. The van der Waals surface area contributed by atoms with Crippen molar-refractivity contribution >= 4 is 49.4 Å². The zero-order valence-corrected chi connectivity index (χ0v) is 38.0. The van der Waals surface area contributed by atoms with Crippen LogP contribution < -0.4 is 4.90 Å². The molecule has 0 aliphatic heterocycles. The van der Waals surface area contributed by atoms with E-state index >= 15 is 0 Å². The Morgan fingerprint density at radius 2 is 0.779 bits per heavy atom. The Hall–Kier alpha value is -8.00. The molecule has 1 nitrogen and oxygen atoms in total. The van der Waals surface area contributed by atoms with Crippen LogP contribution in [0.5, 0.6) is 0 Å². The van der Waals surface area contributed by atoms with Crippen molar-refractivity contribution in [2.45, 2.75) is 42.9 Å². The summed E-state index contributed by atoms with van der Waals surface area (Å²) in [5.74, 6) is 0. The van der Waals surface area contributed by atoms with Gasteiger partial charge in [-0.1, -0.05) is 213 Å². The minimum atomic E-state index is -0.514. The van der Waals surface area contributed by atoms with Gasteiger partial charge in [-0.05, 0) is 154 Å². The Labute approximate surface area is 398 Å². The molecule has 14 rings (SSSR count). The van der Waals surface area contributed by atoms with E-state index in [4.69, 9.17) is 0 Å². The highest BCUT2D eigenvalue weighted by Crippen LogP contribution is 2.59. The first-order valence-corrected chi connectivity index (χ1v) is 24.5. The summed E-state index contributed by atoms with van der Waals surface area (Å²) in [4.78, 5) is 2.53. The summed E-state index contributed by atoms with van der Waals surface area (Å²) in [5.41, 5.74) is 18.9. The lowest BCUT2D eigenvalue weighted by molar-refractivity contribution is 0.353. The molecular weight excluding hydrogens is 819 g/mol. The third kappa shape index (κ3) is 5.63. The molecule has 0 unspecified atom stereocenters. The first kappa shape index (κ1) is 39.2. The Balaban J connectivity index is 1.00. The molecule has 3 aliphatic carbocycles. The van der Waals surface area contributed by atoms with Crippen molar-refractivity contribution in [2.24, 2.45) is 0 Å². The molecule has 0 amide bonds. The fourth-order valence-electron chi connectivity index (χ4n) is 13.2. The van der Waals surface area contributed by atoms with Gasteiger partial charge in [-0.25, -0.2) is 0 Å². The summed E-state index contributed by atoms with van der Waals surface area (Å²) in [7, 11) is 0. The van der Waals surface area contributed by atoms with Crippen LogP contribution in [0, 0.1) is 0 Å². The lowest BCUT2D eigenvalue weighted by Crippen LogP contribution is -2.28. The quantitative estimate of drug-likeness (QED) is 0.151. The molecule has 0 heterocycles. The van der Waals surface area contributed by atoms with Gasteiger partial charge in [0.15, 0.2) is 0 Å². The number of nitrogens with zero attached hydrogens (tertiary/aromatic N) is 1. The summed E-state index contributed by atoms with van der Waals surface area (Å²) in [6, 6.07) is 89.5. The number of benzene rings is 11. The van der Waals surface area contributed by atoms with E-state index in [2.05, 4.69) is 241 Å². The van der Waals surface area contributed by atoms with Gasteiger partial charge >= 0.3 is 0 Å². The van der Waals surface area contributed by atoms with Crippen LogP contribution >= 0.6 is 0 Å². The van der Waals surface area contributed by atoms with Gasteiger partial charge in [-0.15, -0.1) is 0 Å². The van der Waals surface area contributed by atoms with Crippen LogP contribution in [0.25, 0.3) is 65.7 Å². The van der Waals surface area contributed by atoms with Crippen molar-refractivity contribution in [3.8, 4) is 33.4 Å². The molecular formula is C67H49N. The zero-order valence-electron chi connectivity index (χ0n) is 38.0. The van der Waals surface area contributed by atoms with Crippen molar-refractivity contribution in [3.63, 3.8) is 0 Å². The minimum absolute atomic E-state index is 0.0867. The highest BCUT2D eigenvalue weighted by atomic mass is 15.1. The summed E-state index contributed by atoms with van der Waals surface area (Å²) in [6.45, 7) is 0. The molecule has 0 aromatic heterocycles. The number of hydrogen-bond acceptors (Lipinski definition) is 1. The second-order valence-electron chi connectivity index (χ2n) is 19.4. The minimum Gasteiger partial charge on any atom is -0.310 e. The van der Waals surface area contributed by atoms with Crippen LogP contribution in [0.3, 0.4) is 0 Å². The summed E-state index contributed by atoms with van der Waals surface area (Å²) >= 11 is 0. The Kier molecular flexibility index (Phi) is 8.80. The molecule has 3 aliphatic rings. The van der Waals surface area contributed by atoms with E-state index in [1.807, 2.05) is 0 Å². The van der Waals surface area contributed by atoms with Gasteiger partial charge in [0.05, 0.1) is 5.41 Å². The van der Waals surface area contributed by atoms with Gasteiger partial charge in [-0.3, -0.25) is 0 Å². The molecule has 1 heteroatoms. The fraction of sp³-hybridized carbons (Fsp3) is 0.104. The predicted octanol–water partition coefficient (Wildman–Crippen LogP) is 17.9. The standard InChI is InChI=1S/C67H49N/c1-4-20-47(21-5-1)67(48-22-6-2-7-23-48)64-32-15-13-29-57(64)59-37-34-51(44-65(59)67)68(50-35-38-63-61(43-50)58-30-12-14-31-62(58)66(63)39-16-3-17-40-66)49-24-18-19-45(41-49)46-33-36-56-54-27-9-8-25-52(54)53-26-10-11-28-55(53)60(56)42-46/h1-2,4-15,18-38,41-44H,3,16-17,39-40H2. The molecule has 0 atom stereocenters. The average Bonchev–Trinajstić information content (AvgIpc) is 3.86. The van der Waals surface area contributed by atoms with E-state index in [9.17, 15) is 0 Å². The van der Waals surface area contributed by atoms with Crippen LogP contribution in [0.2, 0.25) is 0 Å². The predicted molar refractivity (Wildman–Crippen MR) is 286 cm³/mol. The second kappa shape index (κ2) is 15.3. The molecule has 322 valence electrons. The molecule has 1 saturated carbocycles. The van der Waals surface area contributed by atoms with Gasteiger partial charge in [0.25, 0.3) is 0 Å². The fourth-order valence-corrected chi connectivity index (χ4v) is 13.2. The SMILES string of the molecule is c1ccc(C2(c3ccccc3)c3ccccc3-c3ccc(N(c4cccc(-c5ccc6c7ccccc7c7ccccc7c6c5)c4)c4ccc5c(c4)-c4ccccc4C54CCCCC4)cc32)cc1. The molecule has 0 radical (unpaired) electrons. The number of rotatable bonds is 6. The van der Waals surface area contributed by atoms with Gasteiger partial charge < -0.3 is 4.90 Å². The number of fused-ring (bicyclic) bond motifs is 14. The van der Waals surface area contributed by atoms with Crippen LogP contribution in [-0.2, 0) is 10.8 Å². The maximum absolute atomic E-state index is 2.53. The van der Waals surface area contributed by atoms with E-state index in [1.54, 1.807) is 0 Å². The van der Waals surface area contributed by atoms with E-state index in [1.165, 1.54) is 137 Å². The van der Waals surface area contributed by atoms with E-state index in [0.717, 1.165) is 11.4 Å². The zero-order chi connectivity index (χ0) is 44.8. The molecule has 11 aromatic rings. The average molecular weight is 868 g/mol. The van der Waals surface area contributed by atoms with Crippen molar-refractivity contribution in [3.05, 3.63) is 270 Å². The molecule has 11 aromatic carbocycles. The van der Waals surface area contributed by atoms with Crippen molar-refractivity contribution in [2.75, 3.05) is 4.90 Å². The molecule has 0 bridgehead atoms. The van der Waals surface area contributed by atoms with E-state index in [0.29, 0.717) is 0 Å². The Morgan fingerprint density at radius 1 is 0.279 bits per heavy atom. The van der Waals surface area contributed by atoms with Crippen molar-refractivity contribution < 1.29 is 0 Å². The smallest absolute Gasteiger partial charge is 0.0714 e. The molecule has 68 heavy (non-hydrogen) atoms. The van der Waals surface area contributed by atoms with Crippen molar-refractivity contribution in [1.82, 2.24) is 0 Å². The van der Waals surface area contributed by atoms with Gasteiger partial charge in [0.2, 0.25) is 0 Å². The van der Waals surface area contributed by atoms with Crippen LogP contribution in [0.15, 0.2) is 237 Å². The van der Waals surface area contributed by atoms with E-state index in [-0.39, 0.29) is 5.41 Å². The normalized spacial score (nSPS) is 15.0. The lowest BCUT2D eigenvalue weighted by atomic mass is 9.67. The first-order valence-electron chi connectivity index (χ1n) is 24.5. The van der Waals surface area contributed by atoms with Crippen LogP contribution in [-0.4, -0.2) is 0 Å². The topological polar surface area (TPSA) is 3.24 Å². The van der Waals surface area contributed by atoms with Crippen LogP contribution in [0.4, 0.5) is 17.1 Å². The summed E-state index contributed by atoms with van der Waals surface area (Å²) in [5, 5.41) is 7.74. The van der Waals surface area contributed by atoms with Crippen molar-refractivity contribution in [1.29, 1.82) is 0 Å². The number of anilines is 3. The summed E-state index contributed by atoms with van der Waals surface area (Å²) < 4.78 is 0. The Bertz CT molecular complexity index is 3710. The maximum Gasteiger partial charge on any atom is 0.0714 e. The third-order valence-electron chi connectivity index (χ3n) is 16.1. The van der Waals surface area contributed by atoms with E-state index < -0.39 is 5.41 Å². The molecule has 0 saturated heterocycles. The van der Waals surface area contributed by atoms with Gasteiger partial charge in [-0.2, -0.15) is 0 Å². The maximum atomic E-state index is 2.53. The second-order valence-corrected chi connectivity index (χ2v) is 19.4. The molecule has 1 spiro atoms. The Morgan fingerprint density at radius 3 is 1.47 bits per heavy atom. The molecule has 0 N–H and O–H groups in total. The third-order valence-corrected chi connectivity index (χ3v) is 16.1.